The zero-order chi connectivity index (χ0) is 15.8. The van der Waals surface area contributed by atoms with Crippen LogP contribution in [-0.2, 0) is 16.0 Å². The summed E-state index contributed by atoms with van der Waals surface area (Å²) in [5.41, 5.74) is 2.24. The molecule has 0 saturated carbocycles. The molecule has 114 valence electrons. The van der Waals surface area contributed by atoms with Gasteiger partial charge in [0.2, 0.25) is 5.91 Å². The molecule has 0 aromatic heterocycles. The molecule has 21 heavy (non-hydrogen) atoms. The molecular formula is C17H23NO3. The molecular weight excluding hydrogens is 266 g/mol. The number of hydrogen-bond acceptors (Lipinski definition) is 2. The number of carboxylic acids is 1. The number of hydrogen-bond donors (Lipinski definition) is 2. The monoisotopic (exact) mass is 289 g/mol. The van der Waals surface area contributed by atoms with Crippen LogP contribution in [0.5, 0.6) is 0 Å². The maximum atomic E-state index is 12.1. The number of carboxylic acid groups (broad SMARTS) is 1. The Morgan fingerprint density at radius 3 is 2.48 bits per heavy atom. The fraction of sp³-hybridized carbons (Fsp3) is 0.412. The highest BCUT2D eigenvalue weighted by Crippen LogP contribution is 2.11. The lowest BCUT2D eigenvalue weighted by Gasteiger charge is -2.17. The van der Waals surface area contributed by atoms with Crippen LogP contribution in [0.2, 0.25) is 0 Å². The Labute approximate surface area is 125 Å². The molecule has 1 aromatic carbocycles. The molecule has 2 N–H and O–H groups in total. The lowest BCUT2D eigenvalue weighted by Crippen LogP contribution is -2.43. The van der Waals surface area contributed by atoms with Crippen molar-refractivity contribution in [3.8, 4) is 0 Å². The van der Waals surface area contributed by atoms with Crippen LogP contribution < -0.4 is 5.32 Å². The highest BCUT2D eigenvalue weighted by molar-refractivity contribution is 5.84. The summed E-state index contributed by atoms with van der Waals surface area (Å²) >= 11 is 0. The van der Waals surface area contributed by atoms with Gasteiger partial charge in [-0.15, -0.1) is 6.58 Å². The second-order valence-electron chi connectivity index (χ2n) is 5.36. The molecule has 1 rings (SSSR count). The minimum atomic E-state index is -1.01. The number of carbonyl (C=O) groups excluding carboxylic acids is 1. The topological polar surface area (TPSA) is 66.4 Å². The van der Waals surface area contributed by atoms with Crippen LogP contribution in [0, 0.1) is 12.8 Å². The van der Waals surface area contributed by atoms with Gasteiger partial charge in [-0.1, -0.05) is 42.8 Å². The number of amides is 1. The summed E-state index contributed by atoms with van der Waals surface area (Å²) < 4.78 is 0. The van der Waals surface area contributed by atoms with Crippen LogP contribution in [-0.4, -0.2) is 23.0 Å². The fourth-order valence-electron chi connectivity index (χ4n) is 2.03. The Morgan fingerprint density at radius 1 is 1.33 bits per heavy atom. The normalized spacial score (nSPS) is 13.2. The third-order valence-corrected chi connectivity index (χ3v) is 3.38. The molecule has 0 fully saturated rings. The smallest absolute Gasteiger partial charge is 0.326 e. The Morgan fingerprint density at radius 2 is 1.95 bits per heavy atom. The van der Waals surface area contributed by atoms with Gasteiger partial charge in [-0.25, -0.2) is 4.79 Å². The van der Waals surface area contributed by atoms with E-state index in [0.717, 1.165) is 5.56 Å². The summed E-state index contributed by atoms with van der Waals surface area (Å²) in [6.07, 6.45) is 3.17. The standard InChI is InChI=1S/C17H23NO3/c1-4-5-6-15(17(20)21)18-16(19)13(3)11-14-9-7-12(2)8-10-14/h4,7-10,13,15H,1,5-6,11H2,2-3H3,(H,18,19)(H,20,21). The fourth-order valence-corrected chi connectivity index (χ4v) is 2.03. The van der Waals surface area contributed by atoms with Crippen molar-refractivity contribution in [3.05, 3.63) is 48.0 Å². The Bertz CT molecular complexity index is 493. The zero-order valence-electron chi connectivity index (χ0n) is 12.6. The molecule has 0 heterocycles. The van der Waals surface area contributed by atoms with Crippen LogP contribution in [0.1, 0.15) is 30.9 Å². The van der Waals surface area contributed by atoms with Crippen molar-refractivity contribution < 1.29 is 14.7 Å². The minimum absolute atomic E-state index is 0.230. The summed E-state index contributed by atoms with van der Waals surface area (Å²) in [5.74, 6) is -1.50. The first-order valence-corrected chi connectivity index (χ1v) is 7.13. The van der Waals surface area contributed by atoms with Gasteiger partial charge in [0.1, 0.15) is 6.04 Å². The van der Waals surface area contributed by atoms with E-state index in [9.17, 15) is 9.59 Å². The minimum Gasteiger partial charge on any atom is -0.480 e. The van der Waals surface area contributed by atoms with E-state index in [0.29, 0.717) is 19.3 Å². The number of carbonyl (C=O) groups is 2. The third-order valence-electron chi connectivity index (χ3n) is 3.38. The third kappa shape index (κ3) is 5.81. The van der Waals surface area contributed by atoms with Crippen molar-refractivity contribution in [2.24, 2.45) is 5.92 Å². The van der Waals surface area contributed by atoms with Crippen LogP contribution in [0.3, 0.4) is 0 Å². The first-order chi connectivity index (χ1) is 9.93. The lowest BCUT2D eigenvalue weighted by molar-refractivity contribution is -0.142. The molecule has 0 radical (unpaired) electrons. The number of aryl methyl sites for hydroxylation is 1. The van der Waals surface area contributed by atoms with E-state index in [-0.39, 0.29) is 11.8 Å². The van der Waals surface area contributed by atoms with Gasteiger partial charge in [0, 0.05) is 5.92 Å². The largest absolute Gasteiger partial charge is 0.480 e. The SMILES string of the molecule is C=CCCC(NC(=O)C(C)Cc1ccc(C)cc1)C(=O)O. The quantitative estimate of drug-likeness (QED) is 0.723. The predicted molar refractivity (Wildman–Crippen MR) is 83.0 cm³/mol. The van der Waals surface area contributed by atoms with E-state index in [4.69, 9.17) is 5.11 Å². The zero-order valence-corrected chi connectivity index (χ0v) is 12.6. The van der Waals surface area contributed by atoms with Gasteiger partial charge >= 0.3 is 5.97 Å². The highest BCUT2D eigenvalue weighted by Gasteiger charge is 2.22. The molecule has 4 nitrogen and oxygen atoms in total. The summed E-state index contributed by atoms with van der Waals surface area (Å²) in [6, 6.07) is 7.14. The molecule has 0 bridgehead atoms. The van der Waals surface area contributed by atoms with Crippen molar-refractivity contribution in [1.29, 1.82) is 0 Å². The first-order valence-electron chi connectivity index (χ1n) is 7.13. The number of rotatable bonds is 8. The summed E-state index contributed by atoms with van der Waals surface area (Å²) in [4.78, 5) is 23.2. The molecule has 0 saturated heterocycles. The molecule has 2 atom stereocenters. The molecule has 0 aliphatic carbocycles. The van der Waals surface area contributed by atoms with Crippen molar-refractivity contribution in [3.63, 3.8) is 0 Å². The average Bonchev–Trinajstić information content (AvgIpc) is 2.45. The van der Waals surface area contributed by atoms with Gasteiger partial charge in [0.15, 0.2) is 0 Å². The van der Waals surface area contributed by atoms with E-state index in [1.165, 1.54) is 5.56 Å². The van der Waals surface area contributed by atoms with Gasteiger partial charge in [0.25, 0.3) is 0 Å². The number of aliphatic carboxylic acids is 1. The number of allylic oxidation sites excluding steroid dienone is 1. The van der Waals surface area contributed by atoms with Gasteiger partial charge in [-0.05, 0) is 31.7 Å². The number of benzene rings is 1. The van der Waals surface area contributed by atoms with E-state index < -0.39 is 12.0 Å². The second kappa shape index (κ2) is 8.25. The number of nitrogens with one attached hydrogen (secondary N) is 1. The maximum Gasteiger partial charge on any atom is 0.326 e. The van der Waals surface area contributed by atoms with E-state index in [2.05, 4.69) is 11.9 Å². The molecule has 2 unspecified atom stereocenters. The summed E-state index contributed by atoms with van der Waals surface area (Å²) in [6.45, 7) is 7.38. The van der Waals surface area contributed by atoms with E-state index in [1.54, 1.807) is 6.08 Å². The van der Waals surface area contributed by atoms with Gasteiger partial charge in [0.05, 0.1) is 0 Å². The molecule has 0 aliphatic rings. The lowest BCUT2D eigenvalue weighted by atomic mass is 9.99. The van der Waals surface area contributed by atoms with Crippen molar-refractivity contribution in [2.75, 3.05) is 0 Å². The van der Waals surface area contributed by atoms with Crippen LogP contribution in [0.25, 0.3) is 0 Å². The van der Waals surface area contributed by atoms with Crippen molar-refractivity contribution >= 4 is 11.9 Å². The van der Waals surface area contributed by atoms with E-state index in [1.807, 2.05) is 38.1 Å². The van der Waals surface area contributed by atoms with Crippen molar-refractivity contribution in [1.82, 2.24) is 5.32 Å². The molecule has 4 heteroatoms. The Kier molecular flexibility index (Phi) is 6.66. The van der Waals surface area contributed by atoms with Crippen LogP contribution >= 0.6 is 0 Å². The summed E-state index contributed by atoms with van der Waals surface area (Å²) in [7, 11) is 0. The van der Waals surface area contributed by atoms with Crippen LogP contribution in [0.15, 0.2) is 36.9 Å². The average molecular weight is 289 g/mol. The van der Waals surface area contributed by atoms with Crippen LogP contribution in [0.4, 0.5) is 0 Å². The first kappa shape index (κ1) is 17.0. The Hall–Kier alpha value is -2.10. The highest BCUT2D eigenvalue weighted by atomic mass is 16.4. The van der Waals surface area contributed by atoms with Gasteiger partial charge < -0.3 is 10.4 Å². The van der Waals surface area contributed by atoms with Crippen molar-refractivity contribution in [2.45, 2.75) is 39.2 Å². The maximum absolute atomic E-state index is 12.1. The van der Waals surface area contributed by atoms with Gasteiger partial charge in [-0.2, -0.15) is 0 Å². The predicted octanol–water partition coefficient (Wildman–Crippen LogP) is 2.71. The Balaban J connectivity index is 2.58. The second-order valence-corrected chi connectivity index (χ2v) is 5.36. The molecule has 0 aliphatic heterocycles. The molecule has 1 amide bonds. The summed E-state index contributed by atoms with van der Waals surface area (Å²) in [5, 5.41) is 11.7. The molecule has 1 aromatic rings. The molecule has 0 spiro atoms. The van der Waals surface area contributed by atoms with E-state index >= 15 is 0 Å². The van der Waals surface area contributed by atoms with Gasteiger partial charge in [-0.3, -0.25) is 4.79 Å².